The maximum atomic E-state index is 9.35. The maximum absolute atomic E-state index is 9.35. The molecular formula is C9H18O5. The van der Waals surface area contributed by atoms with Crippen LogP contribution in [0.5, 0.6) is 0 Å². The van der Waals surface area contributed by atoms with Crippen molar-refractivity contribution in [2.75, 3.05) is 6.61 Å². The van der Waals surface area contributed by atoms with Gasteiger partial charge in [0.25, 0.3) is 0 Å². The molecule has 0 aromatic carbocycles. The summed E-state index contributed by atoms with van der Waals surface area (Å²) >= 11 is 0. The van der Waals surface area contributed by atoms with Gasteiger partial charge in [-0.15, -0.1) is 0 Å². The van der Waals surface area contributed by atoms with E-state index >= 15 is 0 Å². The first-order valence-electron chi connectivity index (χ1n) is 4.77. The van der Waals surface area contributed by atoms with E-state index in [1.165, 1.54) is 13.8 Å². The van der Waals surface area contributed by atoms with Crippen molar-refractivity contribution < 1.29 is 24.8 Å². The summed E-state index contributed by atoms with van der Waals surface area (Å²) in [6.45, 7) is 2.72. The van der Waals surface area contributed by atoms with Crippen molar-refractivity contribution in [2.24, 2.45) is 0 Å². The minimum Gasteiger partial charge on any atom is -0.394 e. The molecule has 3 atom stereocenters. The largest absolute Gasteiger partial charge is 0.394 e. The first kappa shape index (κ1) is 11.9. The third kappa shape index (κ3) is 3.51. The maximum Gasteiger partial charge on any atom is 0.162 e. The van der Waals surface area contributed by atoms with Crippen molar-refractivity contribution in [3.05, 3.63) is 0 Å². The van der Waals surface area contributed by atoms with Crippen molar-refractivity contribution in [1.29, 1.82) is 0 Å². The summed E-state index contributed by atoms with van der Waals surface area (Å²) in [5, 5.41) is 27.3. The minimum absolute atomic E-state index is 0.320. The highest BCUT2D eigenvalue weighted by molar-refractivity contribution is 4.75. The molecule has 0 bridgehead atoms. The molecule has 0 spiro atoms. The lowest BCUT2D eigenvalue weighted by molar-refractivity contribution is -0.273. The lowest BCUT2D eigenvalue weighted by Crippen LogP contribution is -2.33. The van der Waals surface area contributed by atoms with Crippen molar-refractivity contribution >= 4 is 0 Å². The highest BCUT2D eigenvalue weighted by Crippen LogP contribution is 2.25. The molecule has 1 aliphatic rings. The fourth-order valence-corrected chi connectivity index (χ4v) is 1.44. The Kier molecular flexibility index (Phi) is 3.86. The van der Waals surface area contributed by atoms with Crippen LogP contribution in [-0.2, 0) is 9.47 Å². The molecule has 1 fully saturated rings. The second-order valence-corrected chi connectivity index (χ2v) is 4.00. The van der Waals surface area contributed by atoms with Crippen LogP contribution in [0.15, 0.2) is 0 Å². The van der Waals surface area contributed by atoms with E-state index in [-0.39, 0.29) is 6.61 Å². The molecule has 0 unspecified atom stereocenters. The molecule has 5 heteroatoms. The smallest absolute Gasteiger partial charge is 0.162 e. The van der Waals surface area contributed by atoms with Crippen molar-refractivity contribution in [3.63, 3.8) is 0 Å². The van der Waals surface area contributed by atoms with E-state index in [4.69, 9.17) is 14.6 Å². The van der Waals surface area contributed by atoms with Crippen LogP contribution < -0.4 is 0 Å². The molecule has 3 N–H and O–H groups in total. The third-order valence-corrected chi connectivity index (χ3v) is 2.05. The first-order chi connectivity index (χ1) is 6.42. The molecule has 1 aliphatic heterocycles. The lowest BCUT2D eigenvalue weighted by Gasteiger charge is -2.24. The molecule has 1 heterocycles. The second-order valence-electron chi connectivity index (χ2n) is 4.00. The van der Waals surface area contributed by atoms with Crippen LogP contribution in [0.1, 0.15) is 26.7 Å². The molecule has 0 aliphatic carbocycles. The van der Waals surface area contributed by atoms with Gasteiger partial charge in [0.05, 0.1) is 12.7 Å². The van der Waals surface area contributed by atoms with Gasteiger partial charge in [-0.25, -0.2) is 0 Å². The van der Waals surface area contributed by atoms with Crippen LogP contribution >= 0.6 is 0 Å². The Labute approximate surface area is 83.3 Å². The average Bonchev–Trinajstić information content (AvgIpc) is 2.48. The number of ether oxygens (including phenoxy) is 2. The molecule has 0 aromatic heterocycles. The Morgan fingerprint density at radius 1 is 1.50 bits per heavy atom. The summed E-state index contributed by atoms with van der Waals surface area (Å²) < 4.78 is 10.5. The Hall–Kier alpha value is -0.200. The zero-order chi connectivity index (χ0) is 10.8. The van der Waals surface area contributed by atoms with Crippen LogP contribution in [-0.4, -0.2) is 46.2 Å². The molecule has 14 heavy (non-hydrogen) atoms. The normalized spacial score (nSPS) is 30.6. The number of hydrogen-bond acceptors (Lipinski definition) is 5. The van der Waals surface area contributed by atoms with Crippen molar-refractivity contribution in [2.45, 2.75) is 51.0 Å². The monoisotopic (exact) mass is 206 g/mol. The van der Waals surface area contributed by atoms with E-state index in [1.807, 2.05) is 0 Å². The fourth-order valence-electron chi connectivity index (χ4n) is 1.44. The van der Waals surface area contributed by atoms with Crippen LogP contribution in [0.2, 0.25) is 0 Å². The summed E-state index contributed by atoms with van der Waals surface area (Å²) in [5.41, 5.74) is 0. The van der Waals surface area contributed by atoms with Crippen LogP contribution in [0.3, 0.4) is 0 Å². The quantitative estimate of drug-likeness (QED) is 0.545. The molecule has 0 radical (unpaired) electrons. The topological polar surface area (TPSA) is 79.2 Å². The van der Waals surface area contributed by atoms with E-state index < -0.39 is 24.3 Å². The predicted molar refractivity (Wildman–Crippen MR) is 48.4 cm³/mol. The molecular weight excluding hydrogens is 188 g/mol. The van der Waals surface area contributed by atoms with Gasteiger partial charge in [0.2, 0.25) is 0 Å². The zero-order valence-electron chi connectivity index (χ0n) is 8.51. The molecule has 1 rings (SSSR count). The SMILES string of the molecule is CC(C)(O)O[C@@H]1CC[C@@H]([C@@H](O)CO)O1. The van der Waals surface area contributed by atoms with Gasteiger partial charge in [-0.3, -0.25) is 0 Å². The van der Waals surface area contributed by atoms with Gasteiger partial charge >= 0.3 is 0 Å². The lowest BCUT2D eigenvalue weighted by atomic mass is 10.1. The first-order valence-corrected chi connectivity index (χ1v) is 4.77. The number of aliphatic hydroxyl groups is 3. The van der Waals surface area contributed by atoms with E-state index in [0.717, 1.165) is 0 Å². The molecule has 0 amide bonds. The fraction of sp³-hybridized carbons (Fsp3) is 1.00. The molecule has 1 saturated heterocycles. The van der Waals surface area contributed by atoms with Crippen LogP contribution in [0.25, 0.3) is 0 Å². The Bertz CT molecular complexity index is 177. The van der Waals surface area contributed by atoms with Gasteiger partial charge in [0, 0.05) is 6.42 Å². The van der Waals surface area contributed by atoms with E-state index in [9.17, 15) is 10.2 Å². The summed E-state index contributed by atoms with van der Waals surface area (Å²) in [6.07, 6.45) is -0.521. The highest BCUT2D eigenvalue weighted by Gasteiger charge is 2.33. The summed E-state index contributed by atoms with van der Waals surface area (Å²) in [5.74, 6) is -1.23. The van der Waals surface area contributed by atoms with Gasteiger partial charge in [-0.05, 0) is 20.3 Å². The predicted octanol–water partition coefficient (Wildman–Crippen LogP) is -0.410. The Morgan fingerprint density at radius 3 is 2.64 bits per heavy atom. The second kappa shape index (κ2) is 4.55. The molecule has 84 valence electrons. The van der Waals surface area contributed by atoms with Gasteiger partial charge in [0.1, 0.15) is 6.10 Å². The van der Waals surface area contributed by atoms with Crippen LogP contribution in [0.4, 0.5) is 0 Å². The van der Waals surface area contributed by atoms with E-state index in [1.54, 1.807) is 0 Å². The number of hydrogen-bond donors (Lipinski definition) is 3. The van der Waals surface area contributed by atoms with Gasteiger partial charge in [0.15, 0.2) is 12.1 Å². The van der Waals surface area contributed by atoms with Gasteiger partial charge in [-0.1, -0.05) is 0 Å². The van der Waals surface area contributed by atoms with Crippen molar-refractivity contribution in [3.8, 4) is 0 Å². The standard InChI is InChI=1S/C9H18O5/c1-9(2,12)14-8-4-3-7(13-8)6(11)5-10/h6-8,10-12H,3-5H2,1-2H3/t6-,7-,8+/m0/s1. The Morgan fingerprint density at radius 2 is 2.14 bits per heavy atom. The summed E-state index contributed by atoms with van der Waals surface area (Å²) in [7, 11) is 0. The Balaban J connectivity index is 2.34. The van der Waals surface area contributed by atoms with Crippen LogP contribution in [0, 0.1) is 0 Å². The van der Waals surface area contributed by atoms with Gasteiger partial charge < -0.3 is 24.8 Å². The van der Waals surface area contributed by atoms with Crippen molar-refractivity contribution in [1.82, 2.24) is 0 Å². The third-order valence-electron chi connectivity index (χ3n) is 2.05. The number of aliphatic hydroxyl groups excluding tert-OH is 2. The van der Waals surface area contributed by atoms with E-state index in [0.29, 0.717) is 12.8 Å². The molecule has 0 aromatic rings. The molecule has 5 nitrogen and oxygen atoms in total. The minimum atomic E-state index is -1.23. The molecule has 0 saturated carbocycles. The zero-order valence-corrected chi connectivity index (χ0v) is 8.51. The summed E-state index contributed by atoms with van der Waals surface area (Å²) in [6, 6.07) is 0. The number of rotatable bonds is 4. The van der Waals surface area contributed by atoms with Gasteiger partial charge in [-0.2, -0.15) is 0 Å². The van der Waals surface area contributed by atoms with E-state index in [2.05, 4.69) is 0 Å². The summed E-state index contributed by atoms with van der Waals surface area (Å²) in [4.78, 5) is 0. The average molecular weight is 206 g/mol. The highest BCUT2D eigenvalue weighted by atomic mass is 16.7.